The van der Waals surface area contributed by atoms with E-state index in [1.54, 1.807) is 0 Å². The third-order valence-electron chi connectivity index (χ3n) is 5.37. The van der Waals surface area contributed by atoms with Crippen LogP contribution >= 0.6 is 15.8 Å². The Morgan fingerprint density at radius 2 is 0.595 bits per heavy atom. The fourth-order valence-corrected chi connectivity index (χ4v) is 8.91. The summed E-state index contributed by atoms with van der Waals surface area (Å²) in [5.74, 6) is 1.48. The summed E-state index contributed by atoms with van der Waals surface area (Å²) in [6.07, 6.45) is 2.53. The fraction of sp³-hybridized carbons (Fsp3) is 0.250. The van der Waals surface area contributed by atoms with Gasteiger partial charge in [0.15, 0.2) is 0 Å². The van der Waals surface area contributed by atoms with Crippen LogP contribution < -0.4 is 55.2 Å². The first-order chi connectivity index (χ1) is 16.5. The first-order valence-electron chi connectivity index (χ1n) is 12.3. The molecule has 0 aliphatic rings. The van der Waals surface area contributed by atoms with Gasteiger partial charge in [-0.25, -0.2) is 0 Å². The topological polar surface area (TPSA) is 0 Å². The van der Waals surface area contributed by atoms with E-state index < -0.39 is 0 Å². The first-order valence-corrected chi connectivity index (χ1v) is 15.3. The van der Waals surface area contributed by atoms with Crippen molar-refractivity contribution in [3.8, 4) is 0 Å². The average molecular weight is 703 g/mol. The van der Waals surface area contributed by atoms with Crippen LogP contribution in [0.25, 0.3) is 0 Å². The minimum Gasteiger partial charge on any atom is -1.00 e. The maximum Gasteiger partial charge on any atom is 2.00 e. The van der Waals surface area contributed by atoms with E-state index in [9.17, 15) is 0 Å². The van der Waals surface area contributed by atoms with E-state index in [1.807, 2.05) is 0 Å². The van der Waals surface area contributed by atoms with Crippen LogP contribution in [0.4, 0.5) is 0 Å². The summed E-state index contributed by atoms with van der Waals surface area (Å²) < 4.78 is 0. The molecule has 0 heterocycles. The van der Waals surface area contributed by atoms with Gasteiger partial charge in [-0.1, -0.05) is 149 Å². The summed E-state index contributed by atoms with van der Waals surface area (Å²) in [7, 11) is -0.381. The Hall–Kier alpha value is -0.794. The van der Waals surface area contributed by atoms with Crippen LogP contribution in [0.15, 0.2) is 121 Å². The van der Waals surface area contributed by atoms with Crippen molar-refractivity contribution in [3.63, 3.8) is 0 Å². The predicted octanol–water partition coefficient (Wildman–Crippen LogP) is 1.56. The minimum atomic E-state index is -0.190. The van der Waals surface area contributed by atoms with Crippen LogP contribution in [-0.2, 0) is 16.8 Å². The number of benzene rings is 4. The summed E-state index contributed by atoms with van der Waals surface area (Å²) in [5, 5.41) is 5.95. The molecular weight excluding hydrogens is 665 g/mol. The maximum absolute atomic E-state index is 2.31. The molecule has 0 aromatic heterocycles. The van der Waals surface area contributed by atoms with E-state index in [0.717, 1.165) is 11.8 Å². The molecule has 4 aromatic rings. The second-order valence-corrected chi connectivity index (χ2v) is 13.9. The molecule has 0 fully saturated rings. The van der Waals surface area contributed by atoms with Crippen LogP contribution in [0.2, 0.25) is 0 Å². The van der Waals surface area contributed by atoms with Gasteiger partial charge in [0.1, 0.15) is 0 Å². The molecule has 0 atom stereocenters. The van der Waals surface area contributed by atoms with Gasteiger partial charge >= 0.3 is 16.8 Å². The number of hydrogen-bond acceptors (Lipinski definition) is 0. The largest absolute Gasteiger partial charge is 2.00 e. The Labute approximate surface area is 259 Å². The van der Waals surface area contributed by atoms with Crippen molar-refractivity contribution < 1.29 is 50.7 Å². The Morgan fingerprint density at radius 1 is 0.405 bits per heavy atom. The summed E-state index contributed by atoms with van der Waals surface area (Å²) >= 11 is 0. The molecule has 0 aliphatic carbocycles. The van der Waals surface area contributed by atoms with Crippen molar-refractivity contribution in [3.05, 3.63) is 121 Å². The molecule has 0 saturated carbocycles. The molecule has 0 aliphatic heterocycles. The maximum atomic E-state index is 2.31. The van der Waals surface area contributed by atoms with Crippen molar-refractivity contribution in [1.82, 2.24) is 0 Å². The van der Waals surface area contributed by atoms with Crippen LogP contribution in [-0.4, -0.2) is 12.3 Å². The van der Waals surface area contributed by atoms with Crippen molar-refractivity contribution in [1.29, 1.82) is 0 Å². The van der Waals surface area contributed by atoms with Gasteiger partial charge in [-0.2, -0.15) is 0 Å². The van der Waals surface area contributed by atoms with Crippen LogP contribution in [0.3, 0.4) is 0 Å². The predicted molar refractivity (Wildman–Crippen MR) is 158 cm³/mol. The molecule has 199 valence electrons. The quantitative estimate of drug-likeness (QED) is 0.245. The molecule has 4 aromatic carbocycles. The van der Waals surface area contributed by atoms with Gasteiger partial charge in [-0.15, -0.1) is 0 Å². The molecular formula is C32H38Br2CoP2. The van der Waals surface area contributed by atoms with Crippen LogP contribution in [0.1, 0.15) is 27.7 Å². The number of hydrogen-bond donors (Lipinski definition) is 0. The molecule has 0 bridgehead atoms. The molecule has 0 N–H and O–H groups in total. The van der Waals surface area contributed by atoms with E-state index in [-0.39, 0.29) is 66.6 Å². The van der Waals surface area contributed by atoms with Crippen LogP contribution in [0.5, 0.6) is 0 Å². The Bertz CT molecular complexity index is 895. The second-order valence-electron chi connectivity index (χ2n) is 9.35. The summed E-state index contributed by atoms with van der Waals surface area (Å²) in [6.45, 7) is 9.23. The van der Waals surface area contributed by atoms with Gasteiger partial charge in [-0.05, 0) is 61.2 Å². The summed E-state index contributed by atoms with van der Waals surface area (Å²) in [6, 6.07) is 43.7. The Balaban J connectivity index is 0.000000648. The van der Waals surface area contributed by atoms with Crippen molar-refractivity contribution in [2.24, 2.45) is 11.8 Å². The van der Waals surface area contributed by atoms with Gasteiger partial charge < -0.3 is 34.0 Å². The monoisotopic (exact) mass is 701 g/mol. The summed E-state index contributed by atoms with van der Waals surface area (Å²) in [4.78, 5) is 0. The van der Waals surface area contributed by atoms with Gasteiger partial charge in [0.25, 0.3) is 0 Å². The van der Waals surface area contributed by atoms with Crippen LogP contribution in [0, 0.1) is 11.8 Å². The number of rotatable bonds is 8. The molecule has 0 unspecified atom stereocenters. The van der Waals surface area contributed by atoms with Gasteiger partial charge in [0.05, 0.1) is 0 Å². The van der Waals surface area contributed by atoms with E-state index >= 15 is 0 Å². The molecule has 0 amide bonds. The first kappa shape index (κ1) is 36.2. The zero-order chi connectivity index (χ0) is 24.2. The molecule has 0 saturated heterocycles. The minimum absolute atomic E-state index is 0. The second kappa shape index (κ2) is 20.2. The van der Waals surface area contributed by atoms with Crippen molar-refractivity contribution in [2.45, 2.75) is 27.7 Å². The SMILES string of the molecule is CC(C)CP(c1ccccc1)c1ccccc1.CC(C)CP(c1ccccc1)c1ccccc1.[Br-].[Br-].[Co+2]. The zero-order valence-corrected chi connectivity index (χ0v) is 28.1. The van der Waals surface area contributed by atoms with Gasteiger partial charge in [-0.3, -0.25) is 0 Å². The molecule has 37 heavy (non-hydrogen) atoms. The average Bonchev–Trinajstić information content (AvgIpc) is 2.88. The molecule has 0 nitrogen and oxygen atoms in total. The fourth-order valence-electron chi connectivity index (χ4n) is 3.88. The van der Waals surface area contributed by atoms with Gasteiger partial charge in [0.2, 0.25) is 0 Å². The smallest absolute Gasteiger partial charge is 1.00 e. The van der Waals surface area contributed by atoms with E-state index in [1.165, 1.54) is 33.5 Å². The molecule has 1 radical (unpaired) electrons. The Kier molecular flexibility index (Phi) is 19.7. The third-order valence-corrected chi connectivity index (χ3v) is 11.2. The molecule has 5 heteroatoms. The van der Waals surface area contributed by atoms with Crippen molar-refractivity contribution >= 4 is 37.1 Å². The number of halogens is 2. The molecule has 0 spiro atoms. The van der Waals surface area contributed by atoms with Gasteiger partial charge in [0, 0.05) is 0 Å². The zero-order valence-electron chi connectivity index (χ0n) is 22.1. The van der Waals surface area contributed by atoms with E-state index in [0.29, 0.717) is 0 Å². The normalized spacial score (nSPS) is 10.2. The van der Waals surface area contributed by atoms with E-state index in [4.69, 9.17) is 0 Å². The third kappa shape index (κ3) is 12.7. The Morgan fingerprint density at radius 3 is 0.757 bits per heavy atom. The standard InChI is InChI=1S/2C16H19P.2BrH.Co/c2*1-14(2)13-17(15-9-5-3-6-10-15)16-11-7-4-8-12-16;;;/h2*3-12,14H,13H2,1-2H3;2*1H;/q;;;;+2/p-2. The molecule has 4 rings (SSSR count). The summed E-state index contributed by atoms with van der Waals surface area (Å²) in [5.41, 5.74) is 0. The van der Waals surface area contributed by atoms with E-state index in [2.05, 4.69) is 149 Å². The van der Waals surface area contributed by atoms with Crippen molar-refractivity contribution in [2.75, 3.05) is 12.3 Å².